The van der Waals surface area contributed by atoms with Gasteiger partial charge in [0.25, 0.3) is 5.91 Å². The second kappa shape index (κ2) is 6.05. The number of hydrogen-bond acceptors (Lipinski definition) is 2. The number of carbonyl (C=O) groups is 1. The van der Waals surface area contributed by atoms with Crippen molar-refractivity contribution in [1.82, 2.24) is 9.78 Å². The van der Waals surface area contributed by atoms with Crippen LogP contribution >= 0.6 is 11.6 Å². The fraction of sp³-hybridized carbons (Fsp3) is 0.200. The number of aromatic nitrogens is 2. The minimum Gasteiger partial charge on any atom is -0.305 e. The van der Waals surface area contributed by atoms with Crippen molar-refractivity contribution in [1.29, 1.82) is 0 Å². The molecule has 0 saturated heterocycles. The van der Waals surface area contributed by atoms with Gasteiger partial charge in [-0.1, -0.05) is 48.0 Å². The van der Waals surface area contributed by atoms with E-state index in [1.165, 1.54) is 5.56 Å². The summed E-state index contributed by atoms with van der Waals surface area (Å²) in [5.41, 5.74) is 4.09. The van der Waals surface area contributed by atoms with Gasteiger partial charge < -0.3 is 4.90 Å². The Bertz CT molecular complexity index is 949. The van der Waals surface area contributed by atoms with Crippen molar-refractivity contribution in [2.75, 3.05) is 4.90 Å². The Morgan fingerprint density at radius 2 is 1.80 bits per heavy atom. The van der Waals surface area contributed by atoms with Gasteiger partial charge in [0.15, 0.2) is 0 Å². The van der Waals surface area contributed by atoms with E-state index in [0.717, 1.165) is 17.8 Å². The van der Waals surface area contributed by atoms with Crippen molar-refractivity contribution < 1.29 is 4.79 Å². The van der Waals surface area contributed by atoms with E-state index < -0.39 is 0 Å². The van der Waals surface area contributed by atoms with E-state index in [4.69, 9.17) is 11.6 Å². The molecule has 4 rings (SSSR count). The summed E-state index contributed by atoms with van der Waals surface area (Å²) in [5, 5.41) is 4.84. The van der Waals surface area contributed by atoms with Crippen molar-refractivity contribution in [3.63, 3.8) is 0 Å². The van der Waals surface area contributed by atoms with Crippen LogP contribution in [0.3, 0.4) is 0 Å². The molecule has 3 aromatic rings. The molecule has 1 amide bonds. The Morgan fingerprint density at radius 3 is 2.56 bits per heavy atom. The second-order valence-electron chi connectivity index (χ2n) is 6.36. The smallest absolute Gasteiger partial charge is 0.263 e. The van der Waals surface area contributed by atoms with Gasteiger partial charge in [0.2, 0.25) is 0 Å². The normalized spacial score (nSPS) is 16.1. The van der Waals surface area contributed by atoms with Crippen LogP contribution in [-0.4, -0.2) is 21.7 Å². The van der Waals surface area contributed by atoms with Crippen molar-refractivity contribution in [3.8, 4) is 5.69 Å². The first-order valence-electron chi connectivity index (χ1n) is 8.30. The second-order valence-corrected chi connectivity index (χ2v) is 6.71. The van der Waals surface area contributed by atoms with E-state index in [9.17, 15) is 4.79 Å². The van der Waals surface area contributed by atoms with Gasteiger partial charge in [-0.3, -0.25) is 4.79 Å². The first-order valence-corrected chi connectivity index (χ1v) is 8.67. The van der Waals surface area contributed by atoms with Gasteiger partial charge in [-0.25, -0.2) is 4.68 Å². The summed E-state index contributed by atoms with van der Waals surface area (Å²) in [7, 11) is 0. The number of nitrogens with zero attached hydrogens (tertiary/aromatic N) is 3. The zero-order valence-corrected chi connectivity index (χ0v) is 14.9. The first-order chi connectivity index (χ1) is 12.1. The molecular weight excluding hydrogens is 334 g/mol. The molecule has 2 heterocycles. The molecule has 0 bridgehead atoms. The molecule has 5 heteroatoms. The average molecular weight is 352 g/mol. The molecule has 2 aromatic carbocycles. The van der Waals surface area contributed by atoms with Gasteiger partial charge in [-0.2, -0.15) is 5.10 Å². The third-order valence-electron chi connectivity index (χ3n) is 4.64. The highest BCUT2D eigenvalue weighted by molar-refractivity contribution is 6.34. The van der Waals surface area contributed by atoms with Crippen LogP contribution in [0.1, 0.15) is 28.5 Å². The minimum absolute atomic E-state index is 0.0952. The Kier molecular flexibility index (Phi) is 3.85. The molecule has 0 aliphatic carbocycles. The van der Waals surface area contributed by atoms with Crippen LogP contribution in [0.15, 0.2) is 54.6 Å². The topological polar surface area (TPSA) is 38.1 Å². The quantitative estimate of drug-likeness (QED) is 0.685. The molecule has 1 aliphatic rings. The lowest BCUT2D eigenvalue weighted by Gasteiger charge is -2.22. The fourth-order valence-corrected chi connectivity index (χ4v) is 3.83. The highest BCUT2D eigenvalue weighted by Gasteiger charge is 2.34. The van der Waals surface area contributed by atoms with Crippen molar-refractivity contribution >= 4 is 23.2 Å². The van der Waals surface area contributed by atoms with Crippen LogP contribution in [0.4, 0.5) is 5.69 Å². The number of amides is 1. The third-order valence-corrected chi connectivity index (χ3v) is 4.99. The van der Waals surface area contributed by atoms with Gasteiger partial charge in [-0.15, -0.1) is 0 Å². The van der Waals surface area contributed by atoms with E-state index >= 15 is 0 Å². The summed E-state index contributed by atoms with van der Waals surface area (Å²) in [4.78, 5) is 15.1. The number of rotatable bonds is 2. The molecular formula is C20H18ClN3O. The molecule has 25 heavy (non-hydrogen) atoms. The summed E-state index contributed by atoms with van der Waals surface area (Å²) in [5.74, 6) is -0.0952. The average Bonchev–Trinajstić information content (AvgIpc) is 3.10. The zero-order chi connectivity index (χ0) is 17.6. The lowest BCUT2D eigenvalue weighted by atomic mass is 10.1. The van der Waals surface area contributed by atoms with E-state index in [0.29, 0.717) is 16.4 Å². The minimum atomic E-state index is -0.0952. The molecule has 1 unspecified atom stereocenters. The van der Waals surface area contributed by atoms with Gasteiger partial charge in [0, 0.05) is 11.7 Å². The van der Waals surface area contributed by atoms with Gasteiger partial charge >= 0.3 is 0 Å². The van der Waals surface area contributed by atoms with Gasteiger partial charge in [-0.05, 0) is 44.0 Å². The van der Waals surface area contributed by atoms with Gasteiger partial charge in [0.1, 0.15) is 10.7 Å². The number of halogens is 1. The van der Waals surface area contributed by atoms with E-state index in [1.54, 1.807) is 4.68 Å². The predicted octanol–water partition coefficient (Wildman–Crippen LogP) is 4.43. The van der Waals surface area contributed by atoms with Crippen molar-refractivity contribution in [3.05, 3.63) is 76.6 Å². The van der Waals surface area contributed by atoms with Crippen molar-refractivity contribution in [2.45, 2.75) is 26.3 Å². The number of carbonyl (C=O) groups excluding carboxylic acids is 1. The number of benzene rings is 2. The van der Waals surface area contributed by atoms with Crippen LogP contribution in [0.2, 0.25) is 5.15 Å². The molecule has 0 N–H and O–H groups in total. The van der Waals surface area contributed by atoms with Gasteiger partial charge in [0.05, 0.1) is 11.4 Å². The molecule has 0 spiro atoms. The number of fused-ring (bicyclic) bond motifs is 1. The Labute approximate surface area is 151 Å². The monoisotopic (exact) mass is 351 g/mol. The highest BCUT2D eigenvalue weighted by Crippen LogP contribution is 2.35. The lowest BCUT2D eigenvalue weighted by Crippen LogP contribution is -2.36. The summed E-state index contributed by atoms with van der Waals surface area (Å²) >= 11 is 6.57. The maximum absolute atomic E-state index is 13.3. The standard InChI is InChI=1S/C20H18ClN3O/c1-13-12-15-8-6-7-11-17(15)23(13)20(25)18-14(2)22-24(19(18)21)16-9-4-3-5-10-16/h3-11,13H,12H2,1-2H3. The highest BCUT2D eigenvalue weighted by atomic mass is 35.5. The lowest BCUT2D eigenvalue weighted by molar-refractivity contribution is 0.0981. The molecule has 0 fully saturated rings. The summed E-state index contributed by atoms with van der Waals surface area (Å²) in [6, 6.07) is 17.7. The van der Waals surface area contributed by atoms with E-state index in [1.807, 2.05) is 60.4 Å². The van der Waals surface area contributed by atoms with E-state index in [2.05, 4.69) is 18.1 Å². The first kappa shape index (κ1) is 15.9. The molecule has 0 radical (unpaired) electrons. The molecule has 126 valence electrons. The largest absolute Gasteiger partial charge is 0.305 e. The SMILES string of the molecule is Cc1nn(-c2ccccc2)c(Cl)c1C(=O)N1c2ccccc2CC1C. The predicted molar refractivity (Wildman–Crippen MR) is 99.7 cm³/mol. The van der Waals surface area contributed by atoms with Crippen LogP contribution in [0, 0.1) is 6.92 Å². The summed E-state index contributed by atoms with van der Waals surface area (Å²) in [6.45, 7) is 3.88. The number of anilines is 1. The number of aryl methyl sites for hydroxylation is 1. The fourth-order valence-electron chi connectivity index (χ4n) is 3.48. The van der Waals surface area contributed by atoms with Crippen LogP contribution in [0.25, 0.3) is 5.69 Å². The number of hydrogen-bond donors (Lipinski definition) is 0. The van der Waals surface area contributed by atoms with Crippen LogP contribution < -0.4 is 4.90 Å². The number of para-hydroxylation sites is 2. The van der Waals surface area contributed by atoms with E-state index in [-0.39, 0.29) is 11.9 Å². The molecule has 1 aliphatic heterocycles. The molecule has 0 saturated carbocycles. The third kappa shape index (κ3) is 2.53. The molecule has 4 nitrogen and oxygen atoms in total. The Hall–Kier alpha value is -2.59. The summed E-state index contributed by atoms with van der Waals surface area (Å²) in [6.07, 6.45) is 0.853. The van der Waals surface area contributed by atoms with Crippen molar-refractivity contribution in [2.24, 2.45) is 0 Å². The maximum atomic E-state index is 13.3. The van der Waals surface area contributed by atoms with Crippen LogP contribution in [-0.2, 0) is 6.42 Å². The summed E-state index contributed by atoms with van der Waals surface area (Å²) < 4.78 is 1.62. The maximum Gasteiger partial charge on any atom is 0.263 e. The Balaban J connectivity index is 1.78. The van der Waals surface area contributed by atoms with Crippen LogP contribution in [0.5, 0.6) is 0 Å². The Morgan fingerprint density at radius 1 is 1.12 bits per heavy atom. The molecule has 1 aromatic heterocycles. The molecule has 1 atom stereocenters. The zero-order valence-electron chi connectivity index (χ0n) is 14.1.